The molecule has 0 saturated heterocycles. The van der Waals surface area contributed by atoms with E-state index in [4.69, 9.17) is 0 Å². The van der Waals surface area contributed by atoms with Crippen LogP contribution in [-0.2, 0) is 0 Å². The molecule has 0 N–H and O–H groups in total. The zero-order valence-electron chi connectivity index (χ0n) is 6.58. The maximum absolute atomic E-state index is 10.4. The van der Waals surface area contributed by atoms with E-state index in [2.05, 4.69) is 9.98 Å². The van der Waals surface area contributed by atoms with Gasteiger partial charge in [0.05, 0.1) is 17.8 Å². The van der Waals surface area contributed by atoms with Crippen molar-refractivity contribution in [3.05, 3.63) is 16.3 Å². The van der Waals surface area contributed by atoms with E-state index in [0.717, 1.165) is 24.4 Å². The summed E-state index contributed by atoms with van der Waals surface area (Å²) < 4.78 is 0. The summed E-state index contributed by atoms with van der Waals surface area (Å²) in [6.07, 6.45) is 2.93. The van der Waals surface area contributed by atoms with Gasteiger partial charge in [0.1, 0.15) is 6.20 Å². The van der Waals surface area contributed by atoms with Crippen molar-refractivity contribution in [2.24, 2.45) is 4.99 Å². The van der Waals surface area contributed by atoms with Gasteiger partial charge < -0.3 is 4.90 Å². The van der Waals surface area contributed by atoms with Crippen LogP contribution in [0.2, 0.25) is 0 Å². The second-order valence-electron chi connectivity index (χ2n) is 2.45. The molecule has 1 aliphatic heterocycles. The minimum absolute atomic E-state index is 0.0651. The maximum atomic E-state index is 10.4. The Balaban J connectivity index is 2.22. The van der Waals surface area contributed by atoms with Crippen LogP contribution in [0.1, 0.15) is 0 Å². The van der Waals surface area contributed by atoms with E-state index in [-0.39, 0.29) is 5.00 Å². The number of nitro groups is 1. The molecule has 0 aliphatic carbocycles. The quantitative estimate of drug-likeness (QED) is 0.522. The van der Waals surface area contributed by atoms with Crippen molar-refractivity contribution >= 4 is 27.8 Å². The minimum atomic E-state index is -0.436. The maximum Gasteiger partial charge on any atom is 0.345 e. The fourth-order valence-electron chi connectivity index (χ4n) is 0.998. The van der Waals surface area contributed by atoms with E-state index in [0.29, 0.717) is 5.13 Å². The van der Waals surface area contributed by atoms with Crippen LogP contribution in [-0.4, -0.2) is 29.3 Å². The molecule has 68 valence electrons. The number of nitrogens with zero attached hydrogens (tertiary/aromatic N) is 4. The normalized spacial score (nSPS) is 15.2. The van der Waals surface area contributed by atoms with Gasteiger partial charge in [-0.25, -0.2) is 4.98 Å². The van der Waals surface area contributed by atoms with Crippen molar-refractivity contribution in [1.29, 1.82) is 0 Å². The number of anilines is 1. The number of aromatic nitrogens is 1. The average molecular weight is 198 g/mol. The third kappa shape index (κ3) is 1.50. The lowest BCUT2D eigenvalue weighted by molar-refractivity contribution is -0.380. The molecule has 6 nitrogen and oxygen atoms in total. The van der Waals surface area contributed by atoms with Crippen LogP contribution < -0.4 is 4.90 Å². The van der Waals surface area contributed by atoms with Crippen LogP contribution in [0.5, 0.6) is 0 Å². The van der Waals surface area contributed by atoms with E-state index < -0.39 is 4.92 Å². The molecule has 0 aromatic carbocycles. The third-order valence-corrected chi connectivity index (χ3v) is 2.58. The monoisotopic (exact) mass is 198 g/mol. The highest BCUT2D eigenvalue weighted by Gasteiger charge is 2.16. The predicted molar refractivity (Wildman–Crippen MR) is 49.5 cm³/mol. The van der Waals surface area contributed by atoms with Gasteiger partial charge in [0.25, 0.3) is 0 Å². The van der Waals surface area contributed by atoms with Gasteiger partial charge in [-0.3, -0.25) is 15.1 Å². The molecule has 0 amide bonds. The predicted octanol–water partition coefficient (Wildman–Crippen LogP) is 0.900. The fourth-order valence-corrected chi connectivity index (χ4v) is 1.73. The summed E-state index contributed by atoms with van der Waals surface area (Å²) in [7, 11) is 0. The van der Waals surface area contributed by atoms with Gasteiger partial charge in [0.2, 0.25) is 0 Å². The molecule has 2 heterocycles. The van der Waals surface area contributed by atoms with Gasteiger partial charge >= 0.3 is 5.00 Å². The van der Waals surface area contributed by atoms with E-state index in [9.17, 15) is 10.1 Å². The van der Waals surface area contributed by atoms with E-state index in [1.165, 1.54) is 6.20 Å². The Kier molecular flexibility index (Phi) is 1.93. The average Bonchev–Trinajstić information content (AvgIpc) is 2.75. The lowest BCUT2D eigenvalue weighted by Crippen LogP contribution is -2.17. The Morgan fingerprint density at radius 3 is 3.08 bits per heavy atom. The van der Waals surface area contributed by atoms with Crippen molar-refractivity contribution < 1.29 is 4.92 Å². The summed E-state index contributed by atoms with van der Waals surface area (Å²) >= 11 is 1.06. The number of rotatable bonds is 2. The summed E-state index contributed by atoms with van der Waals surface area (Å²) in [5, 5.41) is 11.1. The SMILES string of the molecule is O=[N+]([O-])c1cnc(N2C=NCC2)s1. The van der Waals surface area contributed by atoms with Crippen LogP contribution in [0.25, 0.3) is 0 Å². The number of aliphatic imine (C=N–C) groups is 1. The highest BCUT2D eigenvalue weighted by Crippen LogP contribution is 2.27. The first kappa shape index (κ1) is 8.11. The Bertz CT molecular complexity index is 361. The van der Waals surface area contributed by atoms with Crippen LogP contribution in [0, 0.1) is 10.1 Å². The van der Waals surface area contributed by atoms with Crippen LogP contribution in [0.4, 0.5) is 10.1 Å². The van der Waals surface area contributed by atoms with Gasteiger partial charge in [-0.05, 0) is 11.3 Å². The first-order chi connectivity index (χ1) is 6.27. The molecule has 2 rings (SSSR count). The van der Waals surface area contributed by atoms with Gasteiger partial charge in [-0.15, -0.1) is 0 Å². The molecule has 1 aromatic heterocycles. The van der Waals surface area contributed by atoms with Gasteiger partial charge in [-0.2, -0.15) is 0 Å². The topological polar surface area (TPSA) is 71.6 Å². The molecule has 0 atom stereocenters. The molecule has 0 bridgehead atoms. The van der Waals surface area contributed by atoms with Gasteiger partial charge in [0.15, 0.2) is 5.13 Å². The highest BCUT2D eigenvalue weighted by molar-refractivity contribution is 7.18. The molecule has 0 spiro atoms. The summed E-state index contributed by atoms with van der Waals surface area (Å²) in [5.74, 6) is 0. The van der Waals surface area contributed by atoms with Crippen LogP contribution in [0.3, 0.4) is 0 Å². The lowest BCUT2D eigenvalue weighted by Gasteiger charge is -2.06. The van der Waals surface area contributed by atoms with E-state index in [1.807, 2.05) is 0 Å². The number of hydrogen-bond donors (Lipinski definition) is 0. The van der Waals surface area contributed by atoms with E-state index in [1.54, 1.807) is 11.2 Å². The molecule has 0 fully saturated rings. The molecule has 0 saturated carbocycles. The largest absolute Gasteiger partial charge is 0.345 e. The van der Waals surface area contributed by atoms with Crippen molar-refractivity contribution in [2.75, 3.05) is 18.0 Å². The highest BCUT2D eigenvalue weighted by atomic mass is 32.1. The van der Waals surface area contributed by atoms with Gasteiger partial charge in [-0.1, -0.05) is 0 Å². The molecule has 0 unspecified atom stereocenters. The van der Waals surface area contributed by atoms with Crippen molar-refractivity contribution in [3.8, 4) is 0 Å². The van der Waals surface area contributed by atoms with Crippen molar-refractivity contribution in [3.63, 3.8) is 0 Å². The Hall–Kier alpha value is -1.50. The zero-order valence-corrected chi connectivity index (χ0v) is 7.40. The van der Waals surface area contributed by atoms with Crippen LogP contribution in [0.15, 0.2) is 11.2 Å². The molecule has 13 heavy (non-hydrogen) atoms. The molecular weight excluding hydrogens is 192 g/mol. The fraction of sp³-hybridized carbons (Fsp3) is 0.333. The second kappa shape index (κ2) is 3.09. The first-order valence-corrected chi connectivity index (χ1v) is 4.46. The summed E-state index contributed by atoms with van der Waals surface area (Å²) in [4.78, 5) is 19.6. The molecule has 1 aliphatic rings. The van der Waals surface area contributed by atoms with Crippen molar-refractivity contribution in [2.45, 2.75) is 0 Å². The summed E-state index contributed by atoms with van der Waals surface area (Å²) in [5.41, 5.74) is 0. The minimum Gasteiger partial charge on any atom is -0.307 e. The Labute approximate surface area is 77.7 Å². The Morgan fingerprint density at radius 2 is 2.54 bits per heavy atom. The molecule has 7 heteroatoms. The molecule has 0 radical (unpaired) electrons. The van der Waals surface area contributed by atoms with E-state index >= 15 is 0 Å². The second-order valence-corrected chi connectivity index (χ2v) is 3.44. The zero-order chi connectivity index (χ0) is 9.26. The lowest BCUT2D eigenvalue weighted by atomic mass is 10.6. The number of hydrogen-bond acceptors (Lipinski definition) is 6. The van der Waals surface area contributed by atoms with Crippen molar-refractivity contribution in [1.82, 2.24) is 4.98 Å². The standard InChI is InChI=1S/C6H6N4O2S/c11-10(12)5-3-8-6(13-5)9-2-1-7-4-9/h3-4H,1-2H2. The summed E-state index contributed by atoms with van der Waals surface area (Å²) in [6, 6.07) is 0. The van der Waals surface area contributed by atoms with Crippen LogP contribution >= 0.6 is 11.3 Å². The third-order valence-electron chi connectivity index (χ3n) is 1.60. The number of thiazole rings is 1. The molecule has 1 aromatic rings. The summed E-state index contributed by atoms with van der Waals surface area (Å²) in [6.45, 7) is 1.48. The van der Waals surface area contributed by atoms with Gasteiger partial charge in [0, 0.05) is 6.54 Å². The first-order valence-electron chi connectivity index (χ1n) is 3.64. The smallest absolute Gasteiger partial charge is 0.307 e. The molecular formula is C6H6N4O2S. The Morgan fingerprint density at radius 1 is 1.69 bits per heavy atom.